The van der Waals surface area contributed by atoms with Crippen LogP contribution in [0, 0.1) is 24.7 Å². The molecular weight excluding hydrogens is 1360 g/mol. The predicted octanol–water partition coefficient (Wildman–Crippen LogP) is 9.77. The second-order valence-corrected chi connectivity index (χ2v) is 30.5. The zero-order chi connectivity index (χ0) is 50.8. The van der Waals surface area contributed by atoms with Gasteiger partial charge in [0.25, 0.3) is 0 Å². The smallest absolute Gasteiger partial charge is 0.366 e. The molecule has 0 amide bonds. The summed E-state index contributed by atoms with van der Waals surface area (Å²) >= 11 is 0. The minimum Gasteiger partial charge on any atom is -0.366 e. The average molecular weight is 1420 g/mol. The largest absolute Gasteiger partial charge is 1.00 e. The summed E-state index contributed by atoms with van der Waals surface area (Å²) in [6.45, 7) is 0. The normalized spacial score (nSPS) is 12.0. The Balaban J connectivity index is 0.000000140. The maximum Gasteiger partial charge on any atom is 1.00 e. The summed E-state index contributed by atoms with van der Waals surface area (Å²) in [6.07, 6.45) is 15.0. The molecule has 1 radical (unpaired) electrons. The third-order valence-corrected chi connectivity index (χ3v) is 29.1. The maximum absolute atomic E-state index is 7.67. The number of rotatable bonds is 9. The van der Waals surface area contributed by atoms with Crippen molar-refractivity contribution < 1.29 is 44.8 Å². The van der Waals surface area contributed by atoms with Gasteiger partial charge in [-0.15, -0.1) is 35.4 Å². The molecule has 0 fully saturated rings. The van der Waals surface area contributed by atoms with Crippen LogP contribution in [0.1, 0.15) is 11.1 Å². The van der Waals surface area contributed by atoms with E-state index in [1.165, 1.54) is 85.7 Å². The van der Waals surface area contributed by atoms with E-state index in [1.54, 1.807) is 0 Å². The van der Waals surface area contributed by atoms with Crippen LogP contribution in [-0.4, -0.2) is 22.8 Å². The molecule has 0 spiro atoms. The van der Waals surface area contributed by atoms with Crippen LogP contribution in [0.25, 0.3) is 22.3 Å². The van der Waals surface area contributed by atoms with E-state index in [4.69, 9.17) is 12.8 Å². The third-order valence-electron chi connectivity index (χ3n) is 14.4. The summed E-state index contributed by atoms with van der Waals surface area (Å²) in [4.78, 5) is 0. The van der Waals surface area contributed by atoms with Gasteiger partial charge in [0.1, 0.15) is 37.1 Å². The Kier molecular flexibility index (Phi) is 18.7. The molecule has 0 saturated carbocycles. The molecule has 375 valence electrons. The number of benzene rings is 11. The van der Waals surface area contributed by atoms with Crippen LogP contribution < -0.4 is 57.5 Å². The van der Waals surface area contributed by atoms with Gasteiger partial charge in [0.15, 0.2) is 22.8 Å². The number of fused-ring (bicyclic) bond motifs is 6. The summed E-state index contributed by atoms with van der Waals surface area (Å²) in [5.74, 6) is 6.35. The van der Waals surface area contributed by atoms with Crippen molar-refractivity contribution in [1.82, 2.24) is 0 Å². The molecule has 0 aliphatic carbocycles. The van der Waals surface area contributed by atoms with E-state index in [0.717, 1.165) is 11.1 Å². The Morgan fingerprint density at radius 2 is 0.688 bits per heavy atom. The zero-order valence-corrected chi connectivity index (χ0v) is 50.4. The third kappa shape index (κ3) is 11.5. The number of hydrogen-bond acceptors (Lipinski definition) is 0. The minimum absolute atomic E-state index is 0. The Labute approximate surface area is 491 Å². The van der Waals surface area contributed by atoms with Gasteiger partial charge in [-0.25, -0.2) is 0 Å². The van der Waals surface area contributed by atoms with Crippen molar-refractivity contribution in [2.75, 3.05) is 5.90 Å². The van der Waals surface area contributed by atoms with E-state index in [9.17, 15) is 0 Å². The van der Waals surface area contributed by atoms with E-state index < -0.39 is 32.7 Å². The van der Waals surface area contributed by atoms with Crippen molar-refractivity contribution in [2.45, 2.75) is 0 Å². The molecule has 2 heterocycles. The van der Waals surface area contributed by atoms with E-state index in [1.807, 2.05) is 12.1 Å². The van der Waals surface area contributed by atoms with Crippen LogP contribution in [0.4, 0.5) is 0 Å². The van der Waals surface area contributed by atoms with Gasteiger partial charge in [0, 0.05) is 0 Å². The predicted molar refractivity (Wildman–Crippen MR) is 330 cm³/mol. The van der Waals surface area contributed by atoms with Gasteiger partial charge in [-0.1, -0.05) is 235 Å². The van der Waals surface area contributed by atoms with Gasteiger partial charge in [0.05, 0.1) is 0 Å². The van der Waals surface area contributed by atoms with Crippen LogP contribution in [0.2, 0.25) is 0 Å². The summed E-state index contributed by atoms with van der Waals surface area (Å²) in [5, 5.41) is 15.8. The molecule has 11 aromatic carbocycles. The van der Waals surface area contributed by atoms with Crippen molar-refractivity contribution >= 4 is 90.2 Å². The second-order valence-electron chi connectivity index (χ2n) is 18.7. The molecule has 13 rings (SSSR count). The van der Waals surface area contributed by atoms with Crippen LogP contribution in [0.5, 0.6) is 0 Å². The molecule has 2 aliphatic heterocycles. The monoisotopic (exact) mass is 1420 g/mol. The summed E-state index contributed by atoms with van der Waals surface area (Å²) in [5.41, 5.74) is 6.90. The molecule has 0 unspecified atom stereocenters. The Bertz CT molecular complexity index is 3580. The van der Waals surface area contributed by atoms with Gasteiger partial charge in [-0.3, -0.25) is 11.8 Å². The van der Waals surface area contributed by atoms with E-state index in [-0.39, 0.29) is 44.8 Å². The van der Waals surface area contributed by atoms with Crippen LogP contribution in [-0.2, 0) is 44.8 Å². The Morgan fingerprint density at radius 1 is 0.325 bits per heavy atom. The first-order chi connectivity index (χ1) is 37.1. The van der Waals surface area contributed by atoms with E-state index in [2.05, 4.69) is 297 Å². The molecule has 0 N–H and O–H groups in total. The first kappa shape index (κ1) is 55.1. The summed E-state index contributed by atoms with van der Waals surface area (Å²) in [7, 11) is -5.01. The molecule has 0 bridgehead atoms. The van der Waals surface area contributed by atoms with E-state index >= 15 is 0 Å². The van der Waals surface area contributed by atoms with Crippen molar-refractivity contribution in [3.63, 3.8) is 0 Å². The zero-order valence-electron chi connectivity index (χ0n) is 42.1. The first-order valence-corrected chi connectivity index (χ1v) is 32.4. The molecule has 0 nitrogen and oxygen atoms in total. The fourth-order valence-electron chi connectivity index (χ4n) is 11.1. The second kappa shape index (κ2) is 26.1. The SMILES string of the molecule is [Au+].[Au+].[C-]#Cc1ccc2c(c1)-c1ccccc1[Si]2c1ccccc1.[C-]#Cc1ccc2c(c1)[Si](c1ccccc1)(c1ccccc1)c1ccccc1-2.c1ccc([PH+](C[PH+](c2ccccc2)c2ccccc2)c2ccccc2)cc1. The molecule has 11 aromatic rings. The van der Waals surface area contributed by atoms with E-state index in [0.29, 0.717) is 0 Å². The molecule has 0 atom stereocenters. The maximum atomic E-state index is 7.67. The molecule has 77 heavy (non-hydrogen) atoms. The minimum atomic E-state index is -2.40. The van der Waals surface area contributed by atoms with Crippen molar-refractivity contribution in [2.24, 2.45) is 0 Å². The van der Waals surface area contributed by atoms with Gasteiger partial charge in [0.2, 0.25) is 0 Å². The molecule has 6 heteroatoms. The van der Waals surface area contributed by atoms with Crippen LogP contribution in [0.3, 0.4) is 0 Å². The van der Waals surface area contributed by atoms with Gasteiger partial charge in [-0.2, -0.15) is 0 Å². The van der Waals surface area contributed by atoms with Crippen LogP contribution >= 0.6 is 15.8 Å². The fourth-order valence-corrected chi connectivity index (χ4v) is 26.9. The quantitative estimate of drug-likeness (QED) is 0.0585. The summed E-state index contributed by atoms with van der Waals surface area (Å²) in [6, 6.07) is 107. The van der Waals surface area contributed by atoms with Crippen molar-refractivity contribution in [3.8, 4) is 34.1 Å². The van der Waals surface area contributed by atoms with Crippen LogP contribution in [0.15, 0.2) is 297 Å². The molecule has 0 aromatic heterocycles. The summed E-state index contributed by atoms with van der Waals surface area (Å²) < 4.78 is 0. The topological polar surface area (TPSA) is 0 Å². The fraction of sp³-hybridized carbons (Fsp3) is 0.0141. The standard InChI is InChI=1S/C26H17Si.C25H22P2.C20H12Si.2Au/c1-2-20-17-18-24-23-15-9-10-16-25(23)27(26(24)19-20,21-11-5-3-6-12-21)22-13-7-4-8-14-22;1-5-13-22(14-6-1)26(23-15-7-2-8-16-23)21-27(24-17-9-3-10-18-24)25-19-11-4-12-20-25;1-2-15-12-13-20-18(14-15)17-10-6-7-11-19(17)21(20)16-8-4-3-5-9-16;;/h3-19H;1-20H,21H2;3-14H;;/q-1;;-1;2*+1/p+2. The molecular formula is C71H53Au2P2Si2+2. The number of hydrogen-bond donors (Lipinski definition) is 0. The van der Waals surface area contributed by atoms with Gasteiger partial charge in [-0.05, 0) is 96.7 Å². The Morgan fingerprint density at radius 3 is 1.17 bits per heavy atom. The van der Waals surface area contributed by atoms with Crippen molar-refractivity contribution in [3.05, 3.63) is 321 Å². The average Bonchev–Trinajstić information content (AvgIpc) is 4.07. The molecule has 0 saturated heterocycles. The van der Waals surface area contributed by atoms with Gasteiger partial charge < -0.3 is 12.8 Å². The first-order valence-electron chi connectivity index (χ1n) is 25.5. The van der Waals surface area contributed by atoms with Gasteiger partial charge >= 0.3 is 44.8 Å². The molecule has 2 aliphatic rings. The Hall–Kier alpha value is -6.69. The van der Waals surface area contributed by atoms with Crippen molar-refractivity contribution in [1.29, 1.82) is 0 Å².